The smallest absolute Gasteiger partial charge is 0.0319 e. The molecule has 0 radical (unpaired) electrons. The van der Waals surface area contributed by atoms with Crippen LogP contribution in [0.25, 0.3) is 12.2 Å². The molecule has 0 aromatic heterocycles. The minimum absolute atomic E-state index is 0.256. The molecule has 0 atom stereocenters. The number of nitrogen functional groups attached to an aromatic ring is 1. The highest BCUT2D eigenvalue weighted by molar-refractivity contribution is 5.71. The van der Waals surface area contributed by atoms with Gasteiger partial charge in [0.2, 0.25) is 0 Å². The lowest BCUT2D eigenvalue weighted by atomic mass is 9.63. The van der Waals surface area contributed by atoms with Crippen LogP contribution in [0.4, 0.5) is 5.69 Å². The number of rotatable bonds is 2. The maximum atomic E-state index is 5.85. The molecule has 2 aromatic carbocycles. The third-order valence-corrected chi connectivity index (χ3v) is 5.26. The normalized spacial score (nSPS) is 18.8. The average molecular weight is 305 g/mol. The van der Waals surface area contributed by atoms with Crippen molar-refractivity contribution in [3.05, 3.63) is 64.7 Å². The molecule has 0 saturated heterocycles. The second-order valence-electron chi connectivity index (χ2n) is 8.08. The van der Waals surface area contributed by atoms with Gasteiger partial charge in [0, 0.05) is 5.69 Å². The van der Waals surface area contributed by atoms with E-state index in [9.17, 15) is 0 Å². The molecule has 0 aliphatic heterocycles. The summed E-state index contributed by atoms with van der Waals surface area (Å²) in [5.74, 6) is 0. The van der Waals surface area contributed by atoms with E-state index in [1.54, 1.807) is 0 Å². The van der Waals surface area contributed by atoms with Crippen LogP contribution in [0.1, 0.15) is 62.8 Å². The summed E-state index contributed by atoms with van der Waals surface area (Å²) in [7, 11) is 0. The summed E-state index contributed by atoms with van der Waals surface area (Å²) in [6.45, 7) is 9.46. The predicted octanol–water partition coefficient (Wildman–Crippen LogP) is 5.79. The predicted molar refractivity (Wildman–Crippen MR) is 102 cm³/mol. The molecule has 0 spiro atoms. The van der Waals surface area contributed by atoms with Crippen LogP contribution in [-0.2, 0) is 10.8 Å². The molecule has 3 rings (SSSR count). The molecule has 0 fully saturated rings. The monoisotopic (exact) mass is 305 g/mol. The van der Waals surface area contributed by atoms with Crippen LogP contribution in [0.5, 0.6) is 0 Å². The van der Waals surface area contributed by atoms with Gasteiger partial charge < -0.3 is 5.73 Å². The zero-order chi connectivity index (χ0) is 16.7. The van der Waals surface area contributed by atoms with Crippen LogP contribution in [0, 0.1) is 0 Å². The fourth-order valence-corrected chi connectivity index (χ4v) is 3.57. The highest BCUT2D eigenvalue weighted by atomic mass is 14.5. The molecular weight excluding hydrogens is 278 g/mol. The Labute approximate surface area is 140 Å². The van der Waals surface area contributed by atoms with Gasteiger partial charge in [-0.1, -0.05) is 70.2 Å². The van der Waals surface area contributed by atoms with Crippen molar-refractivity contribution in [2.75, 3.05) is 5.73 Å². The van der Waals surface area contributed by atoms with E-state index >= 15 is 0 Å². The van der Waals surface area contributed by atoms with E-state index in [-0.39, 0.29) is 10.8 Å². The van der Waals surface area contributed by atoms with Crippen molar-refractivity contribution in [1.82, 2.24) is 0 Å². The molecular formula is C22H27N. The fraction of sp³-hybridized carbons (Fsp3) is 0.364. The van der Waals surface area contributed by atoms with E-state index in [4.69, 9.17) is 5.73 Å². The van der Waals surface area contributed by atoms with E-state index in [0.29, 0.717) is 0 Å². The van der Waals surface area contributed by atoms with E-state index < -0.39 is 0 Å². The second-order valence-corrected chi connectivity index (χ2v) is 8.08. The summed E-state index contributed by atoms with van der Waals surface area (Å²) in [5, 5.41) is 0. The van der Waals surface area contributed by atoms with Crippen molar-refractivity contribution >= 4 is 17.8 Å². The third-order valence-electron chi connectivity index (χ3n) is 5.26. The standard InChI is InChI=1S/C22H27N/c1-21(2)12-13-22(3,4)20-15-17(10-11-19(20)21)9-8-16-6-5-7-18(23)14-16/h5-11,14-15H,12-13,23H2,1-4H3/b9-8-. The third kappa shape index (κ3) is 3.19. The van der Waals surface area contributed by atoms with Gasteiger partial charge in [0.05, 0.1) is 0 Å². The maximum absolute atomic E-state index is 5.85. The molecule has 1 aliphatic carbocycles. The van der Waals surface area contributed by atoms with Crippen LogP contribution in [0.2, 0.25) is 0 Å². The highest BCUT2D eigenvalue weighted by Crippen LogP contribution is 2.45. The van der Waals surface area contributed by atoms with Crippen molar-refractivity contribution in [2.24, 2.45) is 0 Å². The highest BCUT2D eigenvalue weighted by Gasteiger charge is 2.36. The molecule has 0 heterocycles. The Balaban J connectivity index is 1.97. The van der Waals surface area contributed by atoms with E-state index in [2.05, 4.69) is 64.1 Å². The van der Waals surface area contributed by atoms with E-state index in [1.165, 1.54) is 29.5 Å². The Kier molecular flexibility index (Phi) is 3.83. The lowest BCUT2D eigenvalue weighted by molar-refractivity contribution is 0.332. The zero-order valence-electron chi connectivity index (χ0n) is 14.7. The number of hydrogen-bond donors (Lipinski definition) is 1. The maximum Gasteiger partial charge on any atom is 0.0319 e. The summed E-state index contributed by atoms with van der Waals surface area (Å²) in [5.41, 5.74) is 12.6. The molecule has 0 amide bonds. The van der Waals surface area contributed by atoms with Crippen LogP contribution in [0.3, 0.4) is 0 Å². The van der Waals surface area contributed by atoms with Crippen LogP contribution >= 0.6 is 0 Å². The molecule has 0 unspecified atom stereocenters. The molecule has 2 aromatic rings. The van der Waals surface area contributed by atoms with Gasteiger partial charge in [0.15, 0.2) is 0 Å². The van der Waals surface area contributed by atoms with Crippen LogP contribution in [-0.4, -0.2) is 0 Å². The number of nitrogens with two attached hydrogens (primary N) is 1. The first kappa shape index (κ1) is 15.9. The topological polar surface area (TPSA) is 26.0 Å². The molecule has 2 N–H and O–H groups in total. The van der Waals surface area contributed by atoms with Crippen LogP contribution in [0.15, 0.2) is 42.5 Å². The molecule has 1 nitrogen and oxygen atoms in total. The van der Waals surface area contributed by atoms with Crippen molar-refractivity contribution in [3.8, 4) is 0 Å². The van der Waals surface area contributed by atoms with Gasteiger partial charge in [-0.25, -0.2) is 0 Å². The van der Waals surface area contributed by atoms with Gasteiger partial charge in [-0.2, -0.15) is 0 Å². The van der Waals surface area contributed by atoms with Gasteiger partial charge in [-0.15, -0.1) is 0 Å². The van der Waals surface area contributed by atoms with Gasteiger partial charge in [0.1, 0.15) is 0 Å². The molecule has 1 aliphatic rings. The summed E-state index contributed by atoms with van der Waals surface area (Å²) in [6.07, 6.45) is 6.83. The largest absolute Gasteiger partial charge is 0.399 e. The molecule has 0 bridgehead atoms. The van der Waals surface area contributed by atoms with E-state index in [0.717, 1.165) is 11.3 Å². The van der Waals surface area contributed by atoms with E-state index in [1.807, 2.05) is 18.2 Å². The summed E-state index contributed by atoms with van der Waals surface area (Å²) >= 11 is 0. The van der Waals surface area contributed by atoms with Crippen molar-refractivity contribution in [2.45, 2.75) is 51.4 Å². The molecule has 0 saturated carbocycles. The molecule has 120 valence electrons. The lowest BCUT2D eigenvalue weighted by Crippen LogP contribution is -2.33. The van der Waals surface area contributed by atoms with Crippen molar-refractivity contribution in [3.63, 3.8) is 0 Å². The second kappa shape index (κ2) is 5.56. The SMILES string of the molecule is CC1(C)CCC(C)(C)c2cc(/C=C\c3cccc(N)c3)ccc21. The number of benzene rings is 2. The van der Waals surface area contributed by atoms with Crippen molar-refractivity contribution in [1.29, 1.82) is 0 Å². The fourth-order valence-electron chi connectivity index (χ4n) is 3.57. The molecule has 23 heavy (non-hydrogen) atoms. The minimum Gasteiger partial charge on any atom is -0.399 e. The van der Waals surface area contributed by atoms with Crippen LogP contribution < -0.4 is 5.73 Å². The minimum atomic E-state index is 0.256. The number of anilines is 1. The quantitative estimate of drug-likeness (QED) is 0.551. The number of hydrogen-bond acceptors (Lipinski definition) is 1. The Morgan fingerprint density at radius 1 is 0.783 bits per heavy atom. The Morgan fingerprint density at radius 3 is 2.04 bits per heavy atom. The summed E-state index contributed by atoms with van der Waals surface area (Å²) in [4.78, 5) is 0. The Morgan fingerprint density at radius 2 is 1.39 bits per heavy atom. The van der Waals surface area contributed by atoms with Gasteiger partial charge in [0.25, 0.3) is 0 Å². The Bertz CT molecular complexity index is 750. The van der Waals surface area contributed by atoms with Gasteiger partial charge >= 0.3 is 0 Å². The molecule has 1 heteroatoms. The van der Waals surface area contributed by atoms with Gasteiger partial charge in [-0.05, 0) is 58.1 Å². The Hall–Kier alpha value is -2.02. The number of fused-ring (bicyclic) bond motifs is 1. The lowest BCUT2D eigenvalue weighted by Gasteiger charge is -2.42. The van der Waals surface area contributed by atoms with Crippen molar-refractivity contribution < 1.29 is 0 Å². The summed E-state index contributed by atoms with van der Waals surface area (Å²) in [6, 6.07) is 14.9. The first-order valence-electron chi connectivity index (χ1n) is 8.47. The zero-order valence-corrected chi connectivity index (χ0v) is 14.7. The first-order chi connectivity index (χ1) is 10.8. The van der Waals surface area contributed by atoms with Gasteiger partial charge in [-0.3, -0.25) is 0 Å². The average Bonchev–Trinajstić information content (AvgIpc) is 2.50. The summed E-state index contributed by atoms with van der Waals surface area (Å²) < 4.78 is 0. The first-order valence-corrected chi connectivity index (χ1v) is 8.47.